The molecule has 0 bridgehead atoms. The maximum Gasteiger partial charge on any atom is 0.196 e. The molecular weight excluding hydrogens is 202 g/mol. The van der Waals surface area contributed by atoms with Crippen molar-refractivity contribution < 1.29 is 14.3 Å². The predicted molar refractivity (Wildman–Crippen MR) is 53.6 cm³/mol. The first-order chi connectivity index (χ1) is 6.67. The molecular formula is C9H13NO3S. The molecule has 5 heteroatoms. The zero-order valence-electron chi connectivity index (χ0n) is 8.44. The van der Waals surface area contributed by atoms with Gasteiger partial charge in [0.15, 0.2) is 17.1 Å². The summed E-state index contributed by atoms with van der Waals surface area (Å²) in [4.78, 5) is 15.7. The first-order valence-corrected chi connectivity index (χ1v) is 5.06. The van der Waals surface area contributed by atoms with E-state index in [2.05, 4.69) is 4.98 Å². The van der Waals surface area contributed by atoms with E-state index in [1.807, 2.05) is 12.3 Å². The number of carbonyl (C=O) groups excluding carboxylic acids is 1. The Bertz CT molecular complexity index is 307. The molecule has 1 rings (SSSR count). The number of carbonyl (C=O) groups is 1. The molecule has 0 aliphatic carbocycles. The number of thiazole rings is 1. The molecule has 0 spiro atoms. The number of ketones is 1. The molecule has 0 atom stereocenters. The summed E-state index contributed by atoms with van der Waals surface area (Å²) in [6.07, 6.45) is -0.272. The lowest BCUT2D eigenvalue weighted by Crippen LogP contribution is -2.18. The minimum Gasteiger partial charge on any atom is -0.355 e. The molecule has 0 fully saturated rings. The van der Waals surface area contributed by atoms with Crippen molar-refractivity contribution in [2.75, 3.05) is 14.2 Å². The number of ether oxygens (including phenoxy) is 2. The highest BCUT2D eigenvalue weighted by molar-refractivity contribution is 7.11. The largest absolute Gasteiger partial charge is 0.355 e. The fourth-order valence-corrected chi connectivity index (χ4v) is 1.73. The molecule has 78 valence electrons. The first kappa shape index (κ1) is 11.3. The highest BCUT2D eigenvalue weighted by Crippen LogP contribution is 2.13. The Labute approximate surface area is 86.9 Å². The van der Waals surface area contributed by atoms with Gasteiger partial charge in [0.2, 0.25) is 0 Å². The van der Waals surface area contributed by atoms with E-state index in [1.54, 1.807) is 0 Å². The Balaban J connectivity index is 2.58. The average molecular weight is 215 g/mol. The molecule has 1 aromatic rings. The lowest BCUT2D eigenvalue weighted by molar-refractivity contribution is -0.0993. The summed E-state index contributed by atoms with van der Waals surface area (Å²) in [5.74, 6) is -0.0446. The van der Waals surface area contributed by atoms with Crippen LogP contribution in [0.5, 0.6) is 0 Å². The summed E-state index contributed by atoms with van der Waals surface area (Å²) in [5, 5.41) is 2.36. The van der Waals surface area contributed by atoms with E-state index in [4.69, 9.17) is 9.47 Å². The second-order valence-corrected chi connectivity index (χ2v) is 3.68. The maximum atomic E-state index is 11.6. The van der Waals surface area contributed by atoms with Gasteiger partial charge < -0.3 is 9.47 Å². The van der Waals surface area contributed by atoms with Crippen LogP contribution in [-0.2, 0) is 9.47 Å². The minimum atomic E-state index is -0.480. The number of hydrogen-bond donors (Lipinski definition) is 0. The number of aromatic nitrogens is 1. The van der Waals surface area contributed by atoms with Gasteiger partial charge in [0.25, 0.3) is 0 Å². The number of rotatable bonds is 5. The van der Waals surface area contributed by atoms with Gasteiger partial charge in [0, 0.05) is 25.3 Å². The van der Waals surface area contributed by atoms with Crippen LogP contribution in [0.15, 0.2) is 5.38 Å². The van der Waals surface area contributed by atoms with Crippen LogP contribution in [0, 0.1) is 6.92 Å². The molecule has 0 unspecified atom stereocenters. The maximum absolute atomic E-state index is 11.6. The zero-order valence-corrected chi connectivity index (χ0v) is 9.26. The molecule has 0 saturated heterocycles. The van der Waals surface area contributed by atoms with Crippen LogP contribution < -0.4 is 0 Å². The second kappa shape index (κ2) is 5.19. The predicted octanol–water partition coefficient (Wildman–Crippen LogP) is 1.64. The van der Waals surface area contributed by atoms with Crippen molar-refractivity contribution in [2.24, 2.45) is 0 Å². The van der Waals surface area contributed by atoms with Crippen molar-refractivity contribution in [1.82, 2.24) is 4.98 Å². The van der Waals surface area contributed by atoms with E-state index < -0.39 is 6.29 Å². The van der Waals surface area contributed by atoms with E-state index in [-0.39, 0.29) is 12.2 Å². The summed E-state index contributed by atoms with van der Waals surface area (Å²) >= 11 is 1.35. The standard InChI is InChI=1S/C9H13NO3S/c1-6-5-14-9(10-6)7(11)4-8(12-2)13-3/h5,8H,4H2,1-3H3. The molecule has 0 aromatic carbocycles. The van der Waals surface area contributed by atoms with Crippen molar-refractivity contribution in [2.45, 2.75) is 19.6 Å². The van der Waals surface area contributed by atoms with Gasteiger partial charge in [-0.2, -0.15) is 0 Å². The van der Waals surface area contributed by atoms with Gasteiger partial charge in [-0.3, -0.25) is 4.79 Å². The SMILES string of the molecule is COC(CC(=O)c1nc(C)cs1)OC. The van der Waals surface area contributed by atoms with Gasteiger partial charge in [0.05, 0.1) is 6.42 Å². The topological polar surface area (TPSA) is 48.4 Å². The van der Waals surface area contributed by atoms with Crippen LogP contribution in [0.25, 0.3) is 0 Å². The van der Waals surface area contributed by atoms with Gasteiger partial charge in [-0.15, -0.1) is 11.3 Å². The lowest BCUT2D eigenvalue weighted by Gasteiger charge is -2.10. The van der Waals surface area contributed by atoms with Crippen LogP contribution in [0.1, 0.15) is 21.9 Å². The zero-order chi connectivity index (χ0) is 10.6. The third-order valence-corrected chi connectivity index (χ3v) is 2.74. The summed E-state index contributed by atoms with van der Waals surface area (Å²) in [6.45, 7) is 1.86. The van der Waals surface area contributed by atoms with E-state index in [0.29, 0.717) is 5.01 Å². The van der Waals surface area contributed by atoms with E-state index in [1.165, 1.54) is 25.6 Å². The minimum absolute atomic E-state index is 0.0446. The van der Waals surface area contributed by atoms with Crippen molar-refractivity contribution in [3.05, 3.63) is 16.1 Å². The lowest BCUT2D eigenvalue weighted by atomic mass is 10.3. The summed E-state index contributed by atoms with van der Waals surface area (Å²) in [6, 6.07) is 0. The molecule has 0 aliphatic heterocycles. The van der Waals surface area contributed by atoms with Gasteiger partial charge in [-0.1, -0.05) is 0 Å². The third kappa shape index (κ3) is 2.87. The molecule has 1 heterocycles. The molecule has 0 saturated carbocycles. The Morgan fingerprint density at radius 1 is 1.57 bits per heavy atom. The van der Waals surface area contributed by atoms with Crippen LogP contribution in [-0.4, -0.2) is 31.3 Å². The Kier molecular flexibility index (Phi) is 4.19. The van der Waals surface area contributed by atoms with Crippen molar-refractivity contribution in [3.63, 3.8) is 0 Å². The highest BCUT2D eigenvalue weighted by atomic mass is 32.1. The van der Waals surface area contributed by atoms with Crippen LogP contribution >= 0.6 is 11.3 Å². The van der Waals surface area contributed by atoms with Crippen LogP contribution in [0.2, 0.25) is 0 Å². The van der Waals surface area contributed by atoms with Crippen molar-refractivity contribution >= 4 is 17.1 Å². The van der Waals surface area contributed by atoms with Crippen molar-refractivity contribution in [1.29, 1.82) is 0 Å². The van der Waals surface area contributed by atoms with E-state index in [9.17, 15) is 4.79 Å². The Morgan fingerprint density at radius 3 is 2.64 bits per heavy atom. The number of aryl methyl sites for hydroxylation is 1. The normalized spacial score (nSPS) is 10.9. The Morgan fingerprint density at radius 2 is 2.21 bits per heavy atom. The van der Waals surface area contributed by atoms with Gasteiger partial charge in [0.1, 0.15) is 0 Å². The second-order valence-electron chi connectivity index (χ2n) is 2.82. The molecule has 0 N–H and O–H groups in total. The molecule has 4 nitrogen and oxygen atoms in total. The fraction of sp³-hybridized carbons (Fsp3) is 0.556. The van der Waals surface area contributed by atoms with Gasteiger partial charge >= 0.3 is 0 Å². The average Bonchev–Trinajstić information content (AvgIpc) is 2.61. The quantitative estimate of drug-likeness (QED) is 0.553. The number of Topliss-reactive ketones (excluding diaryl/α,β-unsaturated/α-hetero) is 1. The van der Waals surface area contributed by atoms with E-state index >= 15 is 0 Å². The summed E-state index contributed by atoms with van der Waals surface area (Å²) in [7, 11) is 3.02. The van der Waals surface area contributed by atoms with Crippen LogP contribution in [0.3, 0.4) is 0 Å². The number of nitrogens with zero attached hydrogens (tertiary/aromatic N) is 1. The highest BCUT2D eigenvalue weighted by Gasteiger charge is 2.16. The Hall–Kier alpha value is -0.780. The molecule has 0 radical (unpaired) electrons. The monoisotopic (exact) mass is 215 g/mol. The molecule has 0 amide bonds. The summed E-state index contributed by atoms with van der Waals surface area (Å²) < 4.78 is 9.86. The fourth-order valence-electron chi connectivity index (χ4n) is 0.984. The number of methoxy groups -OCH3 is 2. The van der Waals surface area contributed by atoms with Crippen LogP contribution in [0.4, 0.5) is 0 Å². The van der Waals surface area contributed by atoms with Gasteiger partial charge in [-0.25, -0.2) is 4.98 Å². The van der Waals surface area contributed by atoms with Gasteiger partial charge in [-0.05, 0) is 6.92 Å². The summed E-state index contributed by atoms with van der Waals surface area (Å²) in [5.41, 5.74) is 0.865. The smallest absolute Gasteiger partial charge is 0.196 e. The van der Waals surface area contributed by atoms with E-state index in [0.717, 1.165) is 5.69 Å². The van der Waals surface area contributed by atoms with Crippen molar-refractivity contribution in [3.8, 4) is 0 Å². The molecule has 14 heavy (non-hydrogen) atoms. The molecule has 1 aromatic heterocycles. The third-order valence-electron chi connectivity index (χ3n) is 1.74. The molecule has 0 aliphatic rings. The first-order valence-electron chi connectivity index (χ1n) is 4.18. The number of hydrogen-bond acceptors (Lipinski definition) is 5.